The zero-order valence-electron chi connectivity index (χ0n) is 12.2. The molecule has 4 unspecified atom stereocenters. The third-order valence-corrected chi connectivity index (χ3v) is 4.39. The Bertz CT molecular complexity index is 199. The zero-order chi connectivity index (χ0) is 12.8. The molecule has 1 aliphatic carbocycles. The zero-order valence-corrected chi connectivity index (χ0v) is 12.2. The highest BCUT2D eigenvalue weighted by Crippen LogP contribution is 2.39. The molecule has 1 rings (SSSR count). The lowest BCUT2D eigenvalue weighted by molar-refractivity contribution is -0.151. The summed E-state index contributed by atoms with van der Waals surface area (Å²) in [5, 5.41) is 0. The highest BCUT2D eigenvalue weighted by molar-refractivity contribution is 4.80. The van der Waals surface area contributed by atoms with E-state index < -0.39 is 0 Å². The van der Waals surface area contributed by atoms with Crippen molar-refractivity contribution in [2.24, 2.45) is 23.7 Å². The van der Waals surface area contributed by atoms with Crippen LogP contribution in [0.2, 0.25) is 0 Å². The molecule has 0 aromatic rings. The maximum atomic E-state index is 5.67. The Morgan fingerprint density at radius 3 is 1.94 bits per heavy atom. The van der Waals surface area contributed by atoms with Crippen LogP contribution in [0.3, 0.4) is 0 Å². The summed E-state index contributed by atoms with van der Waals surface area (Å²) in [6.45, 7) is 12.7. The molecule has 0 saturated heterocycles. The molecular weight excluding hydrogens is 212 g/mol. The van der Waals surface area contributed by atoms with Gasteiger partial charge in [-0.3, -0.25) is 0 Å². The molecule has 0 N–H and O–H groups in total. The number of rotatable bonds is 6. The average Bonchev–Trinajstić information content (AvgIpc) is 2.26. The molecule has 1 fully saturated rings. The smallest absolute Gasteiger partial charge is 0.157 e. The van der Waals surface area contributed by atoms with Gasteiger partial charge in [0.1, 0.15) is 0 Å². The van der Waals surface area contributed by atoms with E-state index in [-0.39, 0.29) is 6.29 Å². The van der Waals surface area contributed by atoms with Crippen LogP contribution >= 0.6 is 0 Å². The molecule has 1 aliphatic rings. The number of ether oxygens (including phenoxy) is 2. The lowest BCUT2D eigenvalue weighted by Gasteiger charge is -2.38. The van der Waals surface area contributed by atoms with Crippen molar-refractivity contribution in [1.29, 1.82) is 0 Å². The van der Waals surface area contributed by atoms with Crippen LogP contribution in [0, 0.1) is 23.7 Å². The minimum Gasteiger partial charge on any atom is -0.353 e. The lowest BCUT2D eigenvalue weighted by atomic mass is 9.69. The Kier molecular flexibility index (Phi) is 6.50. The minimum atomic E-state index is 0.0121. The van der Waals surface area contributed by atoms with Crippen molar-refractivity contribution in [3.63, 3.8) is 0 Å². The van der Waals surface area contributed by atoms with E-state index in [1.165, 1.54) is 12.8 Å². The summed E-state index contributed by atoms with van der Waals surface area (Å²) in [4.78, 5) is 0. The Morgan fingerprint density at radius 1 is 0.882 bits per heavy atom. The van der Waals surface area contributed by atoms with E-state index in [1.54, 1.807) is 0 Å². The molecule has 102 valence electrons. The maximum absolute atomic E-state index is 5.67. The normalized spacial score (nSPS) is 34.2. The van der Waals surface area contributed by atoms with E-state index in [9.17, 15) is 0 Å². The third-order valence-electron chi connectivity index (χ3n) is 4.39. The molecule has 0 heterocycles. The quantitative estimate of drug-likeness (QED) is 0.653. The monoisotopic (exact) mass is 242 g/mol. The van der Waals surface area contributed by atoms with Crippen molar-refractivity contribution in [2.45, 2.75) is 60.2 Å². The van der Waals surface area contributed by atoms with Gasteiger partial charge in [-0.05, 0) is 50.4 Å². The Morgan fingerprint density at radius 2 is 1.41 bits per heavy atom. The van der Waals surface area contributed by atoms with Crippen LogP contribution in [0.15, 0.2) is 0 Å². The number of hydrogen-bond donors (Lipinski definition) is 0. The van der Waals surface area contributed by atoms with Crippen LogP contribution in [0.5, 0.6) is 0 Å². The van der Waals surface area contributed by atoms with Gasteiger partial charge >= 0.3 is 0 Å². The first-order valence-electron chi connectivity index (χ1n) is 7.31. The second-order valence-electron chi connectivity index (χ2n) is 5.74. The maximum Gasteiger partial charge on any atom is 0.157 e. The van der Waals surface area contributed by atoms with Gasteiger partial charge in [0, 0.05) is 19.6 Å². The van der Waals surface area contributed by atoms with E-state index in [0.717, 1.165) is 43.3 Å². The first-order chi connectivity index (χ1) is 8.08. The van der Waals surface area contributed by atoms with Gasteiger partial charge in [-0.25, -0.2) is 0 Å². The Hall–Kier alpha value is -0.0800. The molecule has 0 spiro atoms. The first-order valence-corrected chi connectivity index (χ1v) is 7.31. The van der Waals surface area contributed by atoms with Crippen molar-refractivity contribution >= 4 is 0 Å². The fraction of sp³-hybridized carbons (Fsp3) is 1.00. The van der Waals surface area contributed by atoms with Crippen LogP contribution < -0.4 is 0 Å². The molecule has 2 heteroatoms. The van der Waals surface area contributed by atoms with Crippen molar-refractivity contribution < 1.29 is 9.47 Å². The summed E-state index contributed by atoms with van der Waals surface area (Å²) in [6, 6.07) is 0. The van der Waals surface area contributed by atoms with Gasteiger partial charge in [0.2, 0.25) is 0 Å². The van der Waals surface area contributed by atoms with Crippen LogP contribution in [0.25, 0.3) is 0 Å². The molecular formula is C15H30O2. The molecule has 1 saturated carbocycles. The summed E-state index contributed by atoms with van der Waals surface area (Å²) in [5.41, 5.74) is 0. The van der Waals surface area contributed by atoms with E-state index in [2.05, 4.69) is 20.8 Å². The molecule has 0 radical (unpaired) electrons. The lowest BCUT2D eigenvalue weighted by Crippen LogP contribution is -2.32. The fourth-order valence-corrected chi connectivity index (χ4v) is 3.09. The van der Waals surface area contributed by atoms with E-state index >= 15 is 0 Å². The predicted octanol–water partition coefficient (Wildman–Crippen LogP) is 4.09. The molecule has 0 aromatic heterocycles. The van der Waals surface area contributed by atoms with E-state index in [0.29, 0.717) is 0 Å². The molecule has 0 amide bonds. The Labute approximate surface area is 107 Å². The van der Waals surface area contributed by atoms with Crippen LogP contribution in [0.1, 0.15) is 53.9 Å². The first kappa shape index (κ1) is 15.0. The molecule has 2 nitrogen and oxygen atoms in total. The molecule has 0 aliphatic heterocycles. The standard InChI is InChI=1S/C15H30O2/c1-6-16-15(17-7-2)10-14-9-12(4)11(3)8-13(14)5/h11-15H,6-10H2,1-5H3. The van der Waals surface area contributed by atoms with Crippen molar-refractivity contribution in [2.75, 3.05) is 13.2 Å². The van der Waals surface area contributed by atoms with Gasteiger partial charge in [0.15, 0.2) is 6.29 Å². The average molecular weight is 242 g/mol. The topological polar surface area (TPSA) is 18.5 Å². The number of hydrogen-bond acceptors (Lipinski definition) is 2. The highest BCUT2D eigenvalue weighted by Gasteiger charge is 2.32. The van der Waals surface area contributed by atoms with Crippen molar-refractivity contribution in [3.05, 3.63) is 0 Å². The third kappa shape index (κ3) is 4.59. The van der Waals surface area contributed by atoms with Gasteiger partial charge < -0.3 is 9.47 Å². The summed E-state index contributed by atoms with van der Waals surface area (Å²) >= 11 is 0. The molecule has 4 atom stereocenters. The SMILES string of the molecule is CCOC(CC1CC(C)C(C)CC1C)OCC. The van der Waals surface area contributed by atoms with Gasteiger partial charge in [-0.15, -0.1) is 0 Å². The van der Waals surface area contributed by atoms with Crippen LogP contribution in [-0.2, 0) is 9.47 Å². The molecule has 0 aromatic carbocycles. The highest BCUT2D eigenvalue weighted by atomic mass is 16.7. The molecule has 0 bridgehead atoms. The van der Waals surface area contributed by atoms with Gasteiger partial charge in [-0.2, -0.15) is 0 Å². The predicted molar refractivity (Wildman–Crippen MR) is 71.9 cm³/mol. The summed E-state index contributed by atoms with van der Waals surface area (Å²) < 4.78 is 11.3. The Balaban J connectivity index is 2.47. The second-order valence-corrected chi connectivity index (χ2v) is 5.74. The fourth-order valence-electron chi connectivity index (χ4n) is 3.09. The summed E-state index contributed by atoms with van der Waals surface area (Å²) in [5.74, 6) is 3.30. The minimum absolute atomic E-state index is 0.0121. The van der Waals surface area contributed by atoms with Gasteiger partial charge in [0.05, 0.1) is 0 Å². The van der Waals surface area contributed by atoms with E-state index in [1.807, 2.05) is 13.8 Å². The van der Waals surface area contributed by atoms with Gasteiger partial charge in [0.25, 0.3) is 0 Å². The van der Waals surface area contributed by atoms with E-state index in [4.69, 9.17) is 9.47 Å². The van der Waals surface area contributed by atoms with Crippen molar-refractivity contribution in [1.82, 2.24) is 0 Å². The summed E-state index contributed by atoms with van der Waals surface area (Å²) in [7, 11) is 0. The molecule has 17 heavy (non-hydrogen) atoms. The second kappa shape index (κ2) is 7.38. The van der Waals surface area contributed by atoms with Gasteiger partial charge in [-0.1, -0.05) is 20.8 Å². The largest absolute Gasteiger partial charge is 0.353 e. The summed E-state index contributed by atoms with van der Waals surface area (Å²) in [6.07, 6.45) is 3.77. The van der Waals surface area contributed by atoms with Crippen molar-refractivity contribution in [3.8, 4) is 0 Å². The van der Waals surface area contributed by atoms with Crippen LogP contribution in [-0.4, -0.2) is 19.5 Å². The van der Waals surface area contributed by atoms with Crippen LogP contribution in [0.4, 0.5) is 0 Å².